The Labute approximate surface area is 228 Å². The van der Waals surface area contributed by atoms with Gasteiger partial charge in [-0.2, -0.15) is 0 Å². The minimum Gasteiger partial charge on any atom is -0.372 e. The summed E-state index contributed by atoms with van der Waals surface area (Å²) in [5.41, 5.74) is 6.35. The number of carbonyl (C=O) groups is 1. The maximum absolute atomic E-state index is 13.2. The third kappa shape index (κ3) is 4.90. The Balaban J connectivity index is 1.15. The van der Waals surface area contributed by atoms with Crippen LogP contribution in [0.5, 0.6) is 0 Å². The Morgan fingerprint density at radius 2 is 1.68 bits per heavy atom. The molecule has 6 rings (SSSR count). The van der Waals surface area contributed by atoms with E-state index in [0.717, 1.165) is 59.6 Å². The van der Waals surface area contributed by atoms with Crippen LogP contribution in [0, 0.1) is 6.92 Å². The van der Waals surface area contributed by atoms with E-state index in [1.165, 1.54) is 24.1 Å². The van der Waals surface area contributed by atoms with Gasteiger partial charge >= 0.3 is 0 Å². The smallest absolute Gasteiger partial charge is 0.242 e. The lowest BCUT2D eigenvalue weighted by Gasteiger charge is -2.37. The van der Waals surface area contributed by atoms with E-state index in [1.807, 2.05) is 51.9 Å². The molecule has 2 aliphatic heterocycles. The first-order valence-electron chi connectivity index (χ1n) is 13.4. The van der Waals surface area contributed by atoms with E-state index in [4.69, 9.17) is 16.6 Å². The molecule has 0 bridgehead atoms. The number of amides is 1. The summed E-state index contributed by atoms with van der Waals surface area (Å²) in [5, 5.41) is 4.17. The van der Waals surface area contributed by atoms with Gasteiger partial charge in [0.15, 0.2) is 0 Å². The Bertz CT molecular complexity index is 1440. The highest BCUT2D eigenvalue weighted by atomic mass is 35.5. The van der Waals surface area contributed by atoms with E-state index in [2.05, 4.69) is 46.3 Å². The van der Waals surface area contributed by atoms with Gasteiger partial charge in [0.1, 0.15) is 17.2 Å². The molecule has 2 aromatic heterocycles. The molecule has 0 saturated carbocycles. The van der Waals surface area contributed by atoms with Gasteiger partial charge in [0, 0.05) is 67.4 Å². The summed E-state index contributed by atoms with van der Waals surface area (Å²) in [4.78, 5) is 24.8. The van der Waals surface area contributed by atoms with Gasteiger partial charge in [0.2, 0.25) is 5.91 Å². The molecule has 0 radical (unpaired) electrons. The van der Waals surface area contributed by atoms with Crippen molar-refractivity contribution in [2.24, 2.45) is 0 Å². The van der Waals surface area contributed by atoms with Gasteiger partial charge in [-0.25, -0.2) is 4.98 Å². The zero-order valence-corrected chi connectivity index (χ0v) is 22.5. The molecule has 4 heterocycles. The van der Waals surface area contributed by atoms with Crippen LogP contribution in [-0.2, 0) is 4.79 Å². The van der Waals surface area contributed by atoms with Crippen LogP contribution >= 0.6 is 11.6 Å². The first-order valence-corrected chi connectivity index (χ1v) is 13.8. The SMILES string of the molecule is Cc1ccc(Cl)cc1N1CCN(C(=O)CNc2c(-c3ccc(N4CCCC4)cc3)nc3ccccn23)CC1. The molecular weight excluding hydrogens is 496 g/mol. The molecule has 196 valence electrons. The summed E-state index contributed by atoms with van der Waals surface area (Å²) in [6.07, 6.45) is 4.50. The maximum Gasteiger partial charge on any atom is 0.242 e. The summed E-state index contributed by atoms with van der Waals surface area (Å²) in [6.45, 7) is 7.51. The van der Waals surface area contributed by atoms with E-state index >= 15 is 0 Å². The highest BCUT2D eigenvalue weighted by Crippen LogP contribution is 2.31. The summed E-state index contributed by atoms with van der Waals surface area (Å²) in [6, 6.07) is 20.6. The Morgan fingerprint density at radius 3 is 2.45 bits per heavy atom. The number of hydrogen-bond acceptors (Lipinski definition) is 5. The highest BCUT2D eigenvalue weighted by Gasteiger charge is 2.23. The van der Waals surface area contributed by atoms with E-state index < -0.39 is 0 Å². The molecule has 38 heavy (non-hydrogen) atoms. The molecule has 7 nitrogen and oxygen atoms in total. The number of aromatic nitrogens is 2. The average Bonchev–Trinajstić information content (AvgIpc) is 3.62. The van der Waals surface area contributed by atoms with Crippen LogP contribution in [0.2, 0.25) is 5.02 Å². The van der Waals surface area contributed by atoms with Crippen molar-refractivity contribution in [3.8, 4) is 11.3 Å². The number of anilines is 3. The van der Waals surface area contributed by atoms with Gasteiger partial charge in [-0.05, 0) is 61.7 Å². The predicted octanol–water partition coefficient (Wildman–Crippen LogP) is 5.32. The first kappa shape index (κ1) is 24.6. The number of nitrogens with zero attached hydrogens (tertiary/aromatic N) is 5. The molecule has 4 aromatic rings. The number of nitrogens with one attached hydrogen (secondary N) is 1. The van der Waals surface area contributed by atoms with E-state index in [-0.39, 0.29) is 12.5 Å². The summed E-state index contributed by atoms with van der Waals surface area (Å²) in [7, 11) is 0. The molecule has 2 aromatic carbocycles. The van der Waals surface area contributed by atoms with Crippen molar-refractivity contribution in [3.05, 3.63) is 77.4 Å². The van der Waals surface area contributed by atoms with E-state index in [1.54, 1.807) is 0 Å². The van der Waals surface area contributed by atoms with Gasteiger partial charge in [-0.3, -0.25) is 9.20 Å². The van der Waals surface area contributed by atoms with Crippen molar-refractivity contribution in [1.82, 2.24) is 14.3 Å². The molecule has 0 atom stereocenters. The number of aryl methyl sites for hydroxylation is 1. The minimum atomic E-state index is 0.0914. The largest absolute Gasteiger partial charge is 0.372 e. The summed E-state index contributed by atoms with van der Waals surface area (Å²) in [5.74, 6) is 0.935. The zero-order valence-electron chi connectivity index (χ0n) is 21.7. The number of piperazine rings is 1. The van der Waals surface area contributed by atoms with Crippen LogP contribution in [0.15, 0.2) is 66.9 Å². The van der Waals surface area contributed by atoms with Crippen LogP contribution in [0.25, 0.3) is 16.9 Å². The number of halogens is 1. The van der Waals surface area contributed by atoms with Crippen LogP contribution in [0.3, 0.4) is 0 Å². The predicted molar refractivity (Wildman–Crippen MR) is 156 cm³/mol. The number of pyridine rings is 1. The molecular formula is C30H33ClN6O. The lowest BCUT2D eigenvalue weighted by atomic mass is 10.1. The van der Waals surface area contributed by atoms with E-state index in [0.29, 0.717) is 13.1 Å². The monoisotopic (exact) mass is 528 g/mol. The molecule has 2 saturated heterocycles. The molecule has 2 aliphatic rings. The Morgan fingerprint density at radius 1 is 0.921 bits per heavy atom. The zero-order chi connectivity index (χ0) is 26.1. The quantitative estimate of drug-likeness (QED) is 0.367. The highest BCUT2D eigenvalue weighted by molar-refractivity contribution is 6.30. The summed E-state index contributed by atoms with van der Waals surface area (Å²) >= 11 is 6.23. The number of rotatable bonds is 6. The van der Waals surface area contributed by atoms with Crippen molar-refractivity contribution in [2.75, 3.05) is 60.9 Å². The van der Waals surface area contributed by atoms with Crippen LogP contribution in [0.4, 0.5) is 17.2 Å². The second-order valence-electron chi connectivity index (χ2n) is 10.1. The third-order valence-electron chi connectivity index (χ3n) is 7.69. The van der Waals surface area contributed by atoms with Gasteiger partial charge in [0.05, 0.1) is 6.54 Å². The minimum absolute atomic E-state index is 0.0914. The molecule has 1 N–H and O–H groups in total. The number of fused-ring (bicyclic) bond motifs is 1. The van der Waals surface area contributed by atoms with Gasteiger partial charge < -0.3 is 20.0 Å². The van der Waals surface area contributed by atoms with Crippen LogP contribution in [-0.4, -0.2) is 66.0 Å². The molecule has 8 heteroatoms. The Hall–Kier alpha value is -3.71. The topological polar surface area (TPSA) is 56.1 Å². The molecule has 0 unspecified atom stereocenters. The van der Waals surface area contributed by atoms with Crippen molar-refractivity contribution in [3.63, 3.8) is 0 Å². The van der Waals surface area contributed by atoms with Gasteiger partial charge in [-0.15, -0.1) is 0 Å². The lowest BCUT2D eigenvalue weighted by molar-refractivity contribution is -0.129. The third-order valence-corrected chi connectivity index (χ3v) is 7.93. The lowest BCUT2D eigenvalue weighted by Crippen LogP contribution is -2.50. The number of carbonyl (C=O) groups excluding carboxylic acids is 1. The van der Waals surface area contributed by atoms with Gasteiger partial charge in [-0.1, -0.05) is 35.9 Å². The Kier molecular flexibility index (Phi) is 6.85. The normalized spacial score (nSPS) is 15.9. The fraction of sp³-hybridized carbons (Fsp3) is 0.333. The molecule has 2 fully saturated rings. The van der Waals surface area contributed by atoms with Gasteiger partial charge in [0.25, 0.3) is 0 Å². The second kappa shape index (κ2) is 10.6. The second-order valence-corrected chi connectivity index (χ2v) is 10.6. The standard InChI is InChI=1S/C30H33ClN6O/c1-22-7-10-24(31)20-26(22)35-16-18-36(19-17-35)28(38)21-32-30-29(33-27-6-2-3-15-37(27)30)23-8-11-25(12-9-23)34-13-4-5-14-34/h2-3,6-12,15,20,32H,4-5,13-14,16-19,21H2,1H3. The van der Waals surface area contributed by atoms with Crippen molar-refractivity contribution >= 4 is 40.3 Å². The van der Waals surface area contributed by atoms with E-state index in [9.17, 15) is 4.79 Å². The molecule has 0 aliphatic carbocycles. The first-order chi connectivity index (χ1) is 18.6. The molecule has 0 spiro atoms. The summed E-state index contributed by atoms with van der Waals surface area (Å²) < 4.78 is 2.02. The van der Waals surface area contributed by atoms with Crippen molar-refractivity contribution in [1.29, 1.82) is 0 Å². The fourth-order valence-corrected chi connectivity index (χ4v) is 5.73. The average molecular weight is 529 g/mol. The number of benzene rings is 2. The van der Waals surface area contributed by atoms with Crippen LogP contribution in [0.1, 0.15) is 18.4 Å². The fourth-order valence-electron chi connectivity index (χ4n) is 5.56. The van der Waals surface area contributed by atoms with Crippen LogP contribution < -0.4 is 15.1 Å². The number of imidazole rings is 1. The van der Waals surface area contributed by atoms with Crippen molar-refractivity contribution < 1.29 is 4.79 Å². The van der Waals surface area contributed by atoms with Crippen molar-refractivity contribution in [2.45, 2.75) is 19.8 Å². The molecule has 1 amide bonds. The number of hydrogen-bond donors (Lipinski definition) is 1. The maximum atomic E-state index is 13.2.